The molecule has 3 heterocycles. The van der Waals surface area contributed by atoms with E-state index in [1.54, 1.807) is 24.1 Å². The van der Waals surface area contributed by atoms with Gasteiger partial charge in [0.1, 0.15) is 12.7 Å². The number of aliphatic hydroxyl groups excluding tert-OH is 1. The van der Waals surface area contributed by atoms with Crippen LogP contribution in [-0.2, 0) is 24.3 Å². The second kappa shape index (κ2) is 10.0. The van der Waals surface area contributed by atoms with Crippen molar-refractivity contribution in [3.8, 4) is 17.8 Å². The lowest BCUT2D eigenvalue weighted by atomic mass is 9.96. The zero-order chi connectivity index (χ0) is 24.2. The SMILES string of the molecule is COc1c(CN(CCO)CCc2ccc3c(c2C)COC3=O)cnn1-c1cc(C)c(C#N)cn1. The molecule has 1 aliphatic rings. The monoisotopic (exact) mass is 461 g/mol. The standard InChI is InChI=1S/C25H27N5O4/c1-16-10-23(27-12-19(16)11-26)30-24(33-3)20(13-28-30)14-29(8-9-31)7-6-18-4-5-21-22(17(18)2)15-34-25(21)32/h4-5,10,12-13,31H,6-9,14-15H2,1-3H3. The molecular formula is C25H27N5O4. The van der Waals surface area contributed by atoms with Gasteiger partial charge in [-0.2, -0.15) is 15.0 Å². The van der Waals surface area contributed by atoms with Crippen molar-refractivity contribution in [2.75, 3.05) is 26.8 Å². The minimum absolute atomic E-state index is 0.0261. The Hall–Kier alpha value is -3.74. The van der Waals surface area contributed by atoms with Crippen molar-refractivity contribution in [1.82, 2.24) is 19.7 Å². The summed E-state index contributed by atoms with van der Waals surface area (Å²) >= 11 is 0. The van der Waals surface area contributed by atoms with Gasteiger partial charge in [0.25, 0.3) is 0 Å². The van der Waals surface area contributed by atoms with E-state index in [1.807, 2.05) is 26.0 Å². The maximum Gasteiger partial charge on any atom is 0.338 e. The first-order chi connectivity index (χ1) is 16.5. The molecule has 0 saturated carbocycles. The number of nitriles is 1. The van der Waals surface area contributed by atoms with Crippen LogP contribution in [0.3, 0.4) is 0 Å². The number of methoxy groups -OCH3 is 1. The van der Waals surface area contributed by atoms with Gasteiger partial charge in [-0.3, -0.25) is 4.90 Å². The van der Waals surface area contributed by atoms with Crippen LogP contribution in [0.2, 0.25) is 0 Å². The van der Waals surface area contributed by atoms with E-state index in [0.29, 0.717) is 49.1 Å². The molecule has 2 aromatic heterocycles. The summed E-state index contributed by atoms with van der Waals surface area (Å²) in [6.07, 6.45) is 4.03. The molecule has 9 heteroatoms. The molecule has 0 atom stereocenters. The predicted molar refractivity (Wildman–Crippen MR) is 124 cm³/mol. The lowest BCUT2D eigenvalue weighted by Crippen LogP contribution is -2.29. The van der Waals surface area contributed by atoms with Gasteiger partial charge in [-0.05, 0) is 49.1 Å². The van der Waals surface area contributed by atoms with Gasteiger partial charge in [0.05, 0.1) is 31.0 Å². The Balaban J connectivity index is 1.52. The van der Waals surface area contributed by atoms with Crippen LogP contribution in [0.25, 0.3) is 5.82 Å². The molecule has 176 valence electrons. The van der Waals surface area contributed by atoms with Gasteiger partial charge in [0.15, 0.2) is 5.82 Å². The van der Waals surface area contributed by atoms with E-state index in [9.17, 15) is 9.90 Å². The molecule has 0 amide bonds. The van der Waals surface area contributed by atoms with E-state index in [4.69, 9.17) is 14.7 Å². The number of aliphatic hydroxyl groups is 1. The van der Waals surface area contributed by atoms with Gasteiger partial charge >= 0.3 is 5.97 Å². The normalized spacial score (nSPS) is 12.5. The van der Waals surface area contributed by atoms with Crippen molar-refractivity contribution in [3.05, 3.63) is 69.5 Å². The van der Waals surface area contributed by atoms with Crippen molar-refractivity contribution in [2.24, 2.45) is 0 Å². The summed E-state index contributed by atoms with van der Waals surface area (Å²) < 4.78 is 12.4. The Morgan fingerprint density at radius 2 is 2.09 bits per heavy atom. The van der Waals surface area contributed by atoms with Crippen LogP contribution in [0, 0.1) is 25.2 Å². The molecule has 1 aromatic carbocycles. The molecule has 4 rings (SSSR count). The van der Waals surface area contributed by atoms with Crippen molar-refractivity contribution in [2.45, 2.75) is 33.4 Å². The molecule has 0 spiro atoms. The first kappa shape index (κ1) is 23.4. The van der Waals surface area contributed by atoms with E-state index in [1.165, 1.54) is 6.20 Å². The summed E-state index contributed by atoms with van der Waals surface area (Å²) in [4.78, 5) is 18.3. The first-order valence-electron chi connectivity index (χ1n) is 11.1. The van der Waals surface area contributed by atoms with E-state index in [-0.39, 0.29) is 12.6 Å². The highest BCUT2D eigenvalue weighted by Crippen LogP contribution is 2.27. The van der Waals surface area contributed by atoms with Crippen molar-refractivity contribution >= 4 is 5.97 Å². The number of aryl methyl sites for hydroxylation is 1. The number of benzene rings is 1. The summed E-state index contributed by atoms with van der Waals surface area (Å²) in [6.45, 7) is 5.96. The fraction of sp³-hybridized carbons (Fsp3) is 0.360. The van der Waals surface area contributed by atoms with Gasteiger partial charge in [0.2, 0.25) is 5.88 Å². The number of aromatic nitrogens is 3. The average molecular weight is 462 g/mol. The van der Waals surface area contributed by atoms with E-state index in [0.717, 1.165) is 34.2 Å². The molecule has 34 heavy (non-hydrogen) atoms. The number of carbonyl (C=O) groups excluding carboxylic acids is 1. The number of cyclic esters (lactones) is 1. The zero-order valence-corrected chi connectivity index (χ0v) is 19.5. The Morgan fingerprint density at radius 1 is 1.26 bits per heavy atom. The number of carbonyl (C=O) groups is 1. The maximum absolute atomic E-state index is 11.8. The Bertz CT molecular complexity index is 1260. The molecule has 1 N–H and O–H groups in total. The van der Waals surface area contributed by atoms with Crippen molar-refractivity contribution in [3.63, 3.8) is 0 Å². The van der Waals surface area contributed by atoms with Crippen LogP contribution in [0.15, 0.2) is 30.6 Å². The lowest BCUT2D eigenvalue weighted by Gasteiger charge is -2.22. The topological polar surface area (TPSA) is 114 Å². The maximum atomic E-state index is 11.8. The summed E-state index contributed by atoms with van der Waals surface area (Å²) in [5.74, 6) is 0.866. The third-order valence-corrected chi connectivity index (χ3v) is 6.21. The van der Waals surface area contributed by atoms with Crippen LogP contribution in [0.1, 0.15) is 43.7 Å². The smallest absolute Gasteiger partial charge is 0.338 e. The number of fused-ring (bicyclic) bond motifs is 1. The summed E-state index contributed by atoms with van der Waals surface area (Å²) in [7, 11) is 1.58. The van der Waals surface area contributed by atoms with Gasteiger partial charge < -0.3 is 14.6 Å². The molecule has 1 aliphatic heterocycles. The van der Waals surface area contributed by atoms with E-state index < -0.39 is 0 Å². The Kier molecular flexibility index (Phi) is 6.91. The molecule has 3 aromatic rings. The number of nitrogens with zero attached hydrogens (tertiary/aromatic N) is 5. The van der Waals surface area contributed by atoms with Gasteiger partial charge in [-0.25, -0.2) is 9.78 Å². The molecular weight excluding hydrogens is 434 g/mol. The Labute approximate surface area is 198 Å². The van der Waals surface area contributed by atoms with Gasteiger partial charge in [-0.1, -0.05) is 6.07 Å². The largest absolute Gasteiger partial charge is 0.481 e. The van der Waals surface area contributed by atoms with Crippen LogP contribution in [-0.4, -0.2) is 57.5 Å². The molecule has 0 fully saturated rings. The average Bonchev–Trinajstić information content (AvgIpc) is 3.42. The van der Waals surface area contributed by atoms with E-state index in [2.05, 4.69) is 21.1 Å². The third kappa shape index (κ3) is 4.51. The van der Waals surface area contributed by atoms with E-state index >= 15 is 0 Å². The van der Waals surface area contributed by atoms with Gasteiger partial charge in [-0.15, -0.1) is 0 Å². The molecule has 9 nitrogen and oxygen atoms in total. The zero-order valence-electron chi connectivity index (χ0n) is 19.5. The Morgan fingerprint density at radius 3 is 2.79 bits per heavy atom. The molecule has 0 unspecified atom stereocenters. The van der Waals surface area contributed by atoms with Crippen molar-refractivity contribution in [1.29, 1.82) is 5.26 Å². The lowest BCUT2D eigenvalue weighted by molar-refractivity contribution is 0.0535. The number of esters is 1. The highest BCUT2D eigenvalue weighted by atomic mass is 16.5. The number of ether oxygens (including phenoxy) is 2. The third-order valence-electron chi connectivity index (χ3n) is 6.21. The number of rotatable bonds is 9. The van der Waals surface area contributed by atoms with Crippen LogP contribution >= 0.6 is 0 Å². The van der Waals surface area contributed by atoms with Crippen molar-refractivity contribution < 1.29 is 19.4 Å². The fourth-order valence-electron chi connectivity index (χ4n) is 4.23. The quantitative estimate of drug-likeness (QED) is 0.484. The highest BCUT2D eigenvalue weighted by molar-refractivity contribution is 5.93. The molecule has 0 radical (unpaired) electrons. The minimum atomic E-state index is -0.261. The number of hydrogen-bond donors (Lipinski definition) is 1. The molecule has 0 saturated heterocycles. The predicted octanol–water partition coefficient (Wildman–Crippen LogP) is 2.47. The minimum Gasteiger partial charge on any atom is -0.481 e. The second-order valence-corrected chi connectivity index (χ2v) is 8.26. The molecule has 0 aliphatic carbocycles. The summed E-state index contributed by atoms with van der Waals surface area (Å²) in [5.41, 5.74) is 6.04. The number of pyridine rings is 1. The van der Waals surface area contributed by atoms with Crippen LogP contribution in [0.4, 0.5) is 0 Å². The second-order valence-electron chi connectivity index (χ2n) is 8.26. The van der Waals surface area contributed by atoms with Gasteiger partial charge in [0, 0.05) is 37.0 Å². The molecule has 0 bridgehead atoms. The highest BCUT2D eigenvalue weighted by Gasteiger charge is 2.24. The van der Waals surface area contributed by atoms with Crippen LogP contribution in [0.5, 0.6) is 5.88 Å². The first-order valence-corrected chi connectivity index (χ1v) is 11.1. The van der Waals surface area contributed by atoms with Crippen LogP contribution < -0.4 is 4.74 Å². The summed E-state index contributed by atoms with van der Waals surface area (Å²) in [5, 5.41) is 23.2. The summed E-state index contributed by atoms with van der Waals surface area (Å²) in [6, 6.07) is 7.74. The fourth-order valence-corrected chi connectivity index (χ4v) is 4.23. The number of hydrogen-bond acceptors (Lipinski definition) is 8.